The number of hydrogen-bond donors (Lipinski definition) is 0. The van der Waals surface area contributed by atoms with E-state index < -0.39 is 0 Å². The Morgan fingerprint density at radius 3 is 2.75 bits per heavy atom. The molecule has 0 aliphatic carbocycles. The molecule has 1 nitrogen and oxygen atoms in total. The van der Waals surface area contributed by atoms with Gasteiger partial charge in [-0.3, -0.25) is 0 Å². The van der Waals surface area contributed by atoms with Crippen LogP contribution < -0.4 is 5.19 Å². The maximum Gasteiger partial charge on any atom is 0.0929 e. The van der Waals surface area contributed by atoms with Gasteiger partial charge in [0.1, 0.15) is 0 Å². The molecule has 1 aromatic carbocycles. The third kappa shape index (κ3) is 2.83. The highest BCUT2D eigenvalue weighted by atomic mass is 28.2. The van der Waals surface area contributed by atoms with Gasteiger partial charge in [-0.2, -0.15) is 0 Å². The van der Waals surface area contributed by atoms with Crippen LogP contribution >= 0.6 is 0 Å². The van der Waals surface area contributed by atoms with Crippen molar-refractivity contribution in [3.8, 4) is 0 Å². The Balaban J connectivity index is 2.10. The molecular formula is C14H20OSi. The van der Waals surface area contributed by atoms with E-state index in [-0.39, 0.29) is 14.7 Å². The second-order valence-corrected chi connectivity index (χ2v) is 7.10. The molecule has 2 rings (SSSR count). The summed E-state index contributed by atoms with van der Waals surface area (Å²) in [6, 6.07) is 10.8. The molecule has 1 aromatic rings. The lowest BCUT2D eigenvalue weighted by Crippen LogP contribution is -2.46. The van der Waals surface area contributed by atoms with E-state index in [1.54, 1.807) is 0 Å². The fraction of sp³-hybridized carbons (Fsp3) is 0.429. The van der Waals surface area contributed by atoms with E-state index in [4.69, 9.17) is 4.74 Å². The predicted molar refractivity (Wildman–Crippen MR) is 72.0 cm³/mol. The highest BCUT2D eigenvalue weighted by Gasteiger charge is 2.32. The highest BCUT2D eigenvalue weighted by molar-refractivity contribution is 6.56. The van der Waals surface area contributed by atoms with Gasteiger partial charge in [-0.25, -0.2) is 0 Å². The van der Waals surface area contributed by atoms with Gasteiger partial charge < -0.3 is 4.74 Å². The summed E-state index contributed by atoms with van der Waals surface area (Å²) in [4.78, 5) is 0. The molecule has 16 heavy (non-hydrogen) atoms. The molecule has 0 amide bonds. The fourth-order valence-corrected chi connectivity index (χ4v) is 4.79. The normalized spacial score (nSPS) is 26.0. The fourth-order valence-electron chi connectivity index (χ4n) is 2.51. The Hall–Kier alpha value is -0.863. The maximum atomic E-state index is 6.10. The van der Waals surface area contributed by atoms with Crippen LogP contribution in [0.5, 0.6) is 0 Å². The van der Waals surface area contributed by atoms with E-state index in [0.717, 1.165) is 13.0 Å². The standard InChI is InChI=1S/C14H20OSi/c1-2-10-14(11-6-7-12-15-14)16-13-8-4-3-5-9-13/h2-5,8-9H,1,6-7,10-12,16H2. The molecule has 0 spiro atoms. The van der Waals surface area contributed by atoms with Crippen molar-refractivity contribution in [1.82, 2.24) is 0 Å². The molecule has 0 N–H and O–H groups in total. The third-order valence-corrected chi connectivity index (χ3v) is 5.69. The summed E-state index contributed by atoms with van der Waals surface area (Å²) in [6.45, 7) is 4.82. The van der Waals surface area contributed by atoms with Gasteiger partial charge in [0.15, 0.2) is 0 Å². The zero-order valence-electron chi connectivity index (χ0n) is 9.82. The number of benzene rings is 1. The van der Waals surface area contributed by atoms with Crippen LogP contribution in [-0.2, 0) is 4.74 Å². The molecule has 1 atom stereocenters. The third-order valence-electron chi connectivity index (χ3n) is 3.32. The van der Waals surface area contributed by atoms with Crippen molar-refractivity contribution >= 4 is 14.7 Å². The molecule has 86 valence electrons. The summed E-state index contributed by atoms with van der Waals surface area (Å²) >= 11 is 0. The van der Waals surface area contributed by atoms with Crippen molar-refractivity contribution in [3.63, 3.8) is 0 Å². The van der Waals surface area contributed by atoms with E-state index in [2.05, 4.69) is 36.9 Å². The van der Waals surface area contributed by atoms with Gasteiger partial charge in [0.05, 0.1) is 14.7 Å². The SMILES string of the molecule is C=CCC1([SiH2]c2ccccc2)CCCCO1. The van der Waals surface area contributed by atoms with Crippen molar-refractivity contribution in [3.05, 3.63) is 43.0 Å². The van der Waals surface area contributed by atoms with Crippen LogP contribution in [0.2, 0.25) is 0 Å². The van der Waals surface area contributed by atoms with Crippen LogP contribution in [0.3, 0.4) is 0 Å². The first kappa shape index (κ1) is 11.6. The molecule has 1 aliphatic rings. The van der Waals surface area contributed by atoms with E-state index in [1.165, 1.54) is 24.4 Å². The lowest BCUT2D eigenvalue weighted by molar-refractivity contribution is -0.0168. The number of hydrogen-bond acceptors (Lipinski definition) is 1. The molecule has 1 fully saturated rings. The molecule has 1 aliphatic heterocycles. The van der Waals surface area contributed by atoms with Gasteiger partial charge in [0, 0.05) is 6.61 Å². The Bertz CT molecular complexity index is 328. The van der Waals surface area contributed by atoms with Crippen molar-refractivity contribution < 1.29 is 4.74 Å². The second kappa shape index (κ2) is 5.46. The van der Waals surface area contributed by atoms with Gasteiger partial charge in [-0.1, -0.05) is 41.6 Å². The molecule has 1 unspecified atom stereocenters. The van der Waals surface area contributed by atoms with E-state index in [1.807, 2.05) is 6.08 Å². The molecule has 2 heteroatoms. The van der Waals surface area contributed by atoms with Crippen LogP contribution in [-0.4, -0.2) is 21.4 Å². The van der Waals surface area contributed by atoms with Crippen molar-refractivity contribution in [2.24, 2.45) is 0 Å². The average Bonchev–Trinajstić information content (AvgIpc) is 2.31. The van der Waals surface area contributed by atoms with Gasteiger partial charge >= 0.3 is 0 Å². The van der Waals surface area contributed by atoms with E-state index in [9.17, 15) is 0 Å². The lowest BCUT2D eigenvalue weighted by Gasteiger charge is -2.36. The van der Waals surface area contributed by atoms with Gasteiger partial charge in [0.25, 0.3) is 0 Å². The topological polar surface area (TPSA) is 9.23 Å². The smallest absolute Gasteiger partial charge is 0.0929 e. The van der Waals surface area contributed by atoms with Gasteiger partial charge in [-0.05, 0) is 25.7 Å². The zero-order valence-corrected chi connectivity index (χ0v) is 11.2. The largest absolute Gasteiger partial charge is 0.378 e. The van der Waals surface area contributed by atoms with Crippen LogP contribution in [0, 0.1) is 0 Å². The minimum absolute atomic E-state index is 0.154. The Morgan fingerprint density at radius 1 is 1.31 bits per heavy atom. The molecule has 0 radical (unpaired) electrons. The summed E-state index contributed by atoms with van der Waals surface area (Å²) in [6.07, 6.45) is 6.81. The Morgan fingerprint density at radius 2 is 2.12 bits per heavy atom. The Labute approximate surface area is 100 Å². The van der Waals surface area contributed by atoms with Gasteiger partial charge in [0.2, 0.25) is 0 Å². The highest BCUT2D eigenvalue weighted by Crippen LogP contribution is 2.27. The summed E-state index contributed by atoms with van der Waals surface area (Å²) in [7, 11) is -0.369. The molecule has 0 saturated carbocycles. The molecular weight excluding hydrogens is 212 g/mol. The minimum atomic E-state index is -0.369. The molecule has 1 heterocycles. The van der Waals surface area contributed by atoms with Crippen molar-refractivity contribution in [1.29, 1.82) is 0 Å². The molecule has 0 aromatic heterocycles. The number of ether oxygens (including phenoxy) is 1. The van der Waals surface area contributed by atoms with Gasteiger partial charge in [-0.15, -0.1) is 6.58 Å². The summed E-state index contributed by atoms with van der Waals surface area (Å²) in [5, 5.41) is 1.66. The van der Waals surface area contributed by atoms with Crippen LogP contribution in [0.25, 0.3) is 0 Å². The monoisotopic (exact) mass is 232 g/mol. The summed E-state index contributed by atoms with van der Waals surface area (Å²) < 4.78 is 6.10. The lowest BCUT2D eigenvalue weighted by atomic mass is 10.1. The van der Waals surface area contributed by atoms with E-state index in [0.29, 0.717) is 0 Å². The van der Waals surface area contributed by atoms with Crippen molar-refractivity contribution in [2.45, 2.75) is 30.9 Å². The van der Waals surface area contributed by atoms with Crippen LogP contribution in [0.15, 0.2) is 43.0 Å². The average molecular weight is 232 g/mol. The summed E-state index contributed by atoms with van der Waals surface area (Å²) in [5.41, 5.74) is 0. The number of rotatable bonds is 4. The Kier molecular flexibility index (Phi) is 3.96. The molecule has 0 bridgehead atoms. The molecule has 1 saturated heterocycles. The zero-order chi connectivity index (χ0) is 11.3. The minimum Gasteiger partial charge on any atom is -0.378 e. The first-order chi connectivity index (χ1) is 7.85. The van der Waals surface area contributed by atoms with Crippen LogP contribution in [0.4, 0.5) is 0 Å². The predicted octanol–water partition coefficient (Wildman–Crippen LogP) is 1.95. The van der Waals surface area contributed by atoms with Crippen molar-refractivity contribution in [2.75, 3.05) is 6.61 Å². The quantitative estimate of drug-likeness (QED) is 0.569. The second-order valence-electron chi connectivity index (χ2n) is 4.64. The van der Waals surface area contributed by atoms with E-state index >= 15 is 0 Å². The summed E-state index contributed by atoms with van der Waals surface area (Å²) in [5.74, 6) is 0. The first-order valence-corrected chi connectivity index (χ1v) is 7.55. The maximum absolute atomic E-state index is 6.10. The first-order valence-electron chi connectivity index (χ1n) is 6.13. The van der Waals surface area contributed by atoms with Crippen LogP contribution in [0.1, 0.15) is 25.7 Å².